The topological polar surface area (TPSA) is 105 Å². The van der Waals surface area contributed by atoms with Gasteiger partial charge in [0.05, 0.1) is 12.8 Å². The highest BCUT2D eigenvalue weighted by Crippen LogP contribution is 2.03. The van der Waals surface area contributed by atoms with Crippen molar-refractivity contribution >= 4 is 29.7 Å². The van der Waals surface area contributed by atoms with Crippen LogP contribution in [0.15, 0.2) is 17.3 Å². The minimum absolute atomic E-state index is 0.0160. The lowest BCUT2D eigenvalue weighted by molar-refractivity contribution is -0.137. The summed E-state index contributed by atoms with van der Waals surface area (Å²) in [6.45, 7) is 1.81. The second kappa shape index (κ2) is 8.62. The Balaban J connectivity index is 2.12. The van der Waals surface area contributed by atoms with E-state index in [-0.39, 0.29) is 37.8 Å². The third kappa shape index (κ3) is 5.98. The van der Waals surface area contributed by atoms with E-state index in [4.69, 9.17) is 4.84 Å². The van der Waals surface area contributed by atoms with Crippen LogP contribution in [0, 0.1) is 0 Å². The maximum Gasteiger partial charge on any atom is 0.253 e. The maximum absolute atomic E-state index is 11.5. The lowest BCUT2D eigenvalue weighted by Crippen LogP contribution is -2.35. The first-order valence-electron chi connectivity index (χ1n) is 6.50. The fraction of sp³-hybridized carbons (Fsp3) is 0.462. The molecule has 0 aromatic carbocycles. The molecule has 3 amide bonds. The molecule has 21 heavy (non-hydrogen) atoms. The minimum Gasteiger partial charge on any atom is -0.388 e. The van der Waals surface area contributed by atoms with Crippen molar-refractivity contribution in [3.05, 3.63) is 12.2 Å². The summed E-state index contributed by atoms with van der Waals surface area (Å²) in [5, 5.41) is 6.02. The summed E-state index contributed by atoms with van der Waals surface area (Å²) in [6.07, 6.45) is 4.05. The van der Waals surface area contributed by atoms with E-state index in [1.54, 1.807) is 6.92 Å². The van der Waals surface area contributed by atoms with E-state index < -0.39 is 11.8 Å². The molecule has 0 saturated carbocycles. The largest absolute Gasteiger partial charge is 0.388 e. The molecule has 0 aromatic heterocycles. The van der Waals surface area contributed by atoms with Gasteiger partial charge in [-0.2, -0.15) is 0 Å². The van der Waals surface area contributed by atoms with Crippen LogP contribution in [0.25, 0.3) is 0 Å². The van der Waals surface area contributed by atoms with Crippen molar-refractivity contribution in [1.82, 2.24) is 10.2 Å². The molecule has 1 N–H and O–H groups in total. The van der Waals surface area contributed by atoms with E-state index in [1.807, 2.05) is 0 Å². The normalized spacial score (nSPS) is 14.0. The Bertz CT molecular complexity index is 466. The van der Waals surface area contributed by atoms with Gasteiger partial charge >= 0.3 is 0 Å². The average Bonchev–Trinajstić information content (AvgIpc) is 2.79. The van der Waals surface area contributed by atoms with Gasteiger partial charge in [-0.15, -0.1) is 0 Å². The van der Waals surface area contributed by atoms with Crippen LogP contribution < -0.4 is 5.32 Å². The molecule has 0 spiro atoms. The van der Waals surface area contributed by atoms with Crippen LogP contribution in [0.4, 0.5) is 0 Å². The number of ketones is 1. The first-order chi connectivity index (χ1) is 10.0. The van der Waals surface area contributed by atoms with Gasteiger partial charge in [-0.05, 0) is 0 Å². The van der Waals surface area contributed by atoms with Gasteiger partial charge in [0.1, 0.15) is 0 Å². The number of imide groups is 1. The highest BCUT2D eigenvalue weighted by atomic mass is 16.6. The van der Waals surface area contributed by atoms with Gasteiger partial charge in [0.15, 0.2) is 12.4 Å². The lowest BCUT2D eigenvalue weighted by Gasteiger charge is -2.12. The minimum atomic E-state index is -0.414. The van der Waals surface area contributed by atoms with Crippen LogP contribution in [0.1, 0.15) is 19.8 Å². The lowest BCUT2D eigenvalue weighted by atomic mass is 10.3. The van der Waals surface area contributed by atoms with Crippen LogP contribution in [-0.2, 0) is 24.0 Å². The molecule has 0 aliphatic carbocycles. The molecule has 1 heterocycles. The maximum atomic E-state index is 11.5. The Morgan fingerprint density at radius 3 is 2.62 bits per heavy atom. The van der Waals surface area contributed by atoms with E-state index in [0.717, 1.165) is 4.90 Å². The van der Waals surface area contributed by atoms with Gasteiger partial charge in [-0.3, -0.25) is 24.1 Å². The molecule has 0 unspecified atom stereocenters. The number of hydrogen-bond acceptors (Lipinski definition) is 6. The molecule has 1 rings (SSSR count). The number of amides is 3. The Morgan fingerprint density at radius 2 is 2.00 bits per heavy atom. The van der Waals surface area contributed by atoms with Crippen LogP contribution >= 0.6 is 0 Å². The van der Waals surface area contributed by atoms with Gasteiger partial charge in [0, 0.05) is 31.5 Å². The molecule has 0 aromatic rings. The fourth-order valence-electron chi connectivity index (χ4n) is 1.41. The van der Waals surface area contributed by atoms with Crippen molar-refractivity contribution in [3.63, 3.8) is 0 Å². The highest BCUT2D eigenvalue weighted by molar-refractivity contribution is 6.13. The summed E-state index contributed by atoms with van der Waals surface area (Å²) in [6, 6.07) is 0. The van der Waals surface area contributed by atoms with Crippen molar-refractivity contribution in [2.45, 2.75) is 19.8 Å². The molecule has 8 nitrogen and oxygen atoms in total. The van der Waals surface area contributed by atoms with Crippen molar-refractivity contribution in [2.24, 2.45) is 5.16 Å². The molecule has 1 aliphatic heterocycles. The number of oxime groups is 1. The number of nitrogens with one attached hydrogen (secondary N) is 1. The smallest absolute Gasteiger partial charge is 0.253 e. The first-order valence-corrected chi connectivity index (χ1v) is 6.50. The molecule has 8 heteroatoms. The monoisotopic (exact) mass is 295 g/mol. The van der Waals surface area contributed by atoms with E-state index in [9.17, 15) is 19.2 Å². The number of hydrogen-bond donors (Lipinski definition) is 1. The Hall–Kier alpha value is -2.51. The van der Waals surface area contributed by atoms with Crippen molar-refractivity contribution in [2.75, 3.05) is 19.7 Å². The van der Waals surface area contributed by atoms with E-state index in [1.165, 1.54) is 18.4 Å². The molecule has 0 bridgehead atoms. The Labute approximate surface area is 121 Å². The molecular formula is C13H17N3O5. The zero-order chi connectivity index (χ0) is 15.7. The van der Waals surface area contributed by atoms with Crippen molar-refractivity contribution in [3.8, 4) is 0 Å². The van der Waals surface area contributed by atoms with Gasteiger partial charge in [-0.1, -0.05) is 12.1 Å². The predicted molar refractivity (Wildman–Crippen MR) is 73.2 cm³/mol. The van der Waals surface area contributed by atoms with Gasteiger partial charge < -0.3 is 10.2 Å². The molecular weight excluding hydrogens is 278 g/mol. The molecule has 0 radical (unpaired) electrons. The Kier molecular flexibility index (Phi) is 6.79. The summed E-state index contributed by atoms with van der Waals surface area (Å²) in [5.41, 5.74) is 0. The summed E-state index contributed by atoms with van der Waals surface area (Å²) in [5.74, 6) is -1.21. The zero-order valence-corrected chi connectivity index (χ0v) is 11.7. The number of carbonyl (C=O) groups excluding carboxylic acids is 4. The summed E-state index contributed by atoms with van der Waals surface area (Å²) >= 11 is 0. The third-order valence-corrected chi connectivity index (χ3v) is 2.62. The standard InChI is InChI=1S/C13H17N3O5/c1-2-10(17)9-21-15-7-6-14-11(18)5-8-16-12(19)3-4-13(16)20/h3-4,7H,2,5-6,8-9H2,1H3,(H,14,18)/b15-7+. The van der Waals surface area contributed by atoms with E-state index >= 15 is 0 Å². The number of rotatable bonds is 9. The first kappa shape index (κ1) is 16.5. The van der Waals surface area contributed by atoms with Crippen LogP contribution in [-0.4, -0.2) is 54.3 Å². The summed E-state index contributed by atoms with van der Waals surface area (Å²) in [7, 11) is 0. The summed E-state index contributed by atoms with van der Waals surface area (Å²) in [4.78, 5) is 50.5. The molecule has 114 valence electrons. The predicted octanol–water partition coefficient (Wildman–Crippen LogP) is -0.601. The SMILES string of the molecule is CCC(=O)CO/N=C/CNC(=O)CCN1C(=O)C=CC1=O. The van der Waals surface area contributed by atoms with E-state index in [0.29, 0.717) is 6.42 Å². The van der Waals surface area contributed by atoms with Crippen LogP contribution in [0.2, 0.25) is 0 Å². The summed E-state index contributed by atoms with van der Waals surface area (Å²) < 4.78 is 0. The zero-order valence-electron chi connectivity index (χ0n) is 11.7. The van der Waals surface area contributed by atoms with Gasteiger partial charge in [0.25, 0.3) is 11.8 Å². The van der Waals surface area contributed by atoms with Crippen molar-refractivity contribution < 1.29 is 24.0 Å². The second-order valence-corrected chi connectivity index (χ2v) is 4.17. The third-order valence-electron chi connectivity index (χ3n) is 2.62. The number of carbonyl (C=O) groups is 4. The Morgan fingerprint density at radius 1 is 1.33 bits per heavy atom. The average molecular weight is 295 g/mol. The van der Waals surface area contributed by atoms with Crippen molar-refractivity contribution in [1.29, 1.82) is 0 Å². The quantitative estimate of drug-likeness (QED) is 0.347. The molecule has 0 saturated heterocycles. The van der Waals surface area contributed by atoms with E-state index in [2.05, 4.69) is 10.5 Å². The van der Waals surface area contributed by atoms with Gasteiger partial charge in [-0.25, -0.2) is 0 Å². The van der Waals surface area contributed by atoms with Crippen LogP contribution in [0.5, 0.6) is 0 Å². The molecule has 1 aliphatic rings. The molecule has 0 atom stereocenters. The molecule has 0 fully saturated rings. The van der Waals surface area contributed by atoms with Gasteiger partial charge in [0.2, 0.25) is 5.91 Å². The second-order valence-electron chi connectivity index (χ2n) is 4.17. The fourth-order valence-corrected chi connectivity index (χ4v) is 1.41. The van der Waals surface area contributed by atoms with Crippen LogP contribution in [0.3, 0.4) is 0 Å². The number of nitrogens with zero attached hydrogens (tertiary/aromatic N) is 2. The highest BCUT2D eigenvalue weighted by Gasteiger charge is 2.23. The number of Topliss-reactive ketones (excluding diaryl/α,β-unsaturated/α-hetero) is 1.